The second kappa shape index (κ2) is 5.73. The van der Waals surface area contributed by atoms with Gasteiger partial charge in [0.2, 0.25) is 0 Å². The van der Waals surface area contributed by atoms with Crippen LogP contribution in [0.2, 0.25) is 0 Å². The van der Waals surface area contributed by atoms with Gasteiger partial charge in [0, 0.05) is 22.9 Å². The predicted octanol–water partition coefficient (Wildman–Crippen LogP) is 2.02. The van der Waals surface area contributed by atoms with Crippen molar-refractivity contribution in [2.75, 3.05) is 12.8 Å². The summed E-state index contributed by atoms with van der Waals surface area (Å²) in [4.78, 5) is 17.8. The Hall–Kier alpha value is -2.08. The van der Waals surface area contributed by atoms with Gasteiger partial charge in [0.05, 0.1) is 12.8 Å². The van der Waals surface area contributed by atoms with E-state index in [1.165, 1.54) is 16.2 Å². The fourth-order valence-corrected chi connectivity index (χ4v) is 3.51. The second-order valence-electron chi connectivity index (χ2n) is 5.07. The lowest BCUT2D eigenvalue weighted by Gasteiger charge is -2.22. The Balaban J connectivity index is 1.68. The summed E-state index contributed by atoms with van der Waals surface area (Å²) < 4.78 is 5.14. The van der Waals surface area contributed by atoms with Gasteiger partial charge < -0.3 is 15.8 Å². The molecule has 21 heavy (non-hydrogen) atoms. The van der Waals surface area contributed by atoms with Crippen LogP contribution < -0.4 is 15.8 Å². The van der Waals surface area contributed by atoms with Gasteiger partial charge in [-0.1, -0.05) is 6.07 Å². The number of amides is 1. The molecule has 1 amide bonds. The van der Waals surface area contributed by atoms with E-state index in [1.807, 2.05) is 12.1 Å². The summed E-state index contributed by atoms with van der Waals surface area (Å²) in [6, 6.07) is 7.31. The lowest BCUT2D eigenvalue weighted by molar-refractivity contribution is 0.0933. The summed E-state index contributed by atoms with van der Waals surface area (Å²) in [7, 11) is 1.59. The maximum Gasteiger partial charge on any atom is 0.251 e. The zero-order chi connectivity index (χ0) is 14.8. The Bertz CT molecular complexity index is 669. The fraction of sp³-hybridized carbons (Fsp3) is 0.333. The van der Waals surface area contributed by atoms with E-state index in [0.717, 1.165) is 25.0 Å². The number of nitrogens with one attached hydrogen (secondary N) is 1. The average Bonchev–Trinajstić information content (AvgIpc) is 2.86. The highest BCUT2D eigenvalue weighted by Gasteiger charge is 2.23. The molecular formula is C15H17N3O2S. The average molecular weight is 303 g/mol. The van der Waals surface area contributed by atoms with Crippen molar-refractivity contribution >= 4 is 22.4 Å². The van der Waals surface area contributed by atoms with Crippen molar-refractivity contribution in [3.8, 4) is 5.75 Å². The summed E-state index contributed by atoms with van der Waals surface area (Å²) in [5.41, 5.74) is 7.44. The molecule has 1 atom stereocenters. The van der Waals surface area contributed by atoms with Gasteiger partial charge in [-0.3, -0.25) is 4.79 Å². The number of nitrogen functional groups attached to an aromatic ring is 1. The highest BCUT2D eigenvalue weighted by Crippen LogP contribution is 2.28. The second-order valence-corrected chi connectivity index (χ2v) is 6.18. The number of ether oxygens (including phenoxy) is 1. The molecule has 1 aromatic heterocycles. The zero-order valence-electron chi connectivity index (χ0n) is 11.8. The molecule has 1 aliphatic rings. The van der Waals surface area contributed by atoms with Crippen LogP contribution >= 0.6 is 11.3 Å². The van der Waals surface area contributed by atoms with Gasteiger partial charge in [-0.05, 0) is 31.0 Å². The Morgan fingerprint density at radius 1 is 1.52 bits per heavy atom. The van der Waals surface area contributed by atoms with Crippen molar-refractivity contribution in [2.45, 2.75) is 25.3 Å². The largest absolute Gasteiger partial charge is 0.497 e. The molecule has 1 aromatic carbocycles. The van der Waals surface area contributed by atoms with Crippen LogP contribution in [-0.2, 0) is 12.8 Å². The van der Waals surface area contributed by atoms with E-state index >= 15 is 0 Å². The van der Waals surface area contributed by atoms with Crippen molar-refractivity contribution in [1.29, 1.82) is 0 Å². The van der Waals surface area contributed by atoms with Crippen molar-refractivity contribution in [1.82, 2.24) is 10.3 Å². The van der Waals surface area contributed by atoms with Crippen LogP contribution in [0.15, 0.2) is 24.3 Å². The van der Waals surface area contributed by atoms with E-state index in [0.29, 0.717) is 16.4 Å². The number of hydrogen-bond acceptors (Lipinski definition) is 5. The van der Waals surface area contributed by atoms with Crippen molar-refractivity contribution in [3.63, 3.8) is 0 Å². The van der Waals surface area contributed by atoms with Gasteiger partial charge in [-0.25, -0.2) is 4.98 Å². The van der Waals surface area contributed by atoms with Crippen LogP contribution in [0.3, 0.4) is 0 Å². The number of thiazole rings is 1. The van der Waals surface area contributed by atoms with Crippen molar-refractivity contribution in [3.05, 3.63) is 40.4 Å². The molecule has 1 heterocycles. The molecule has 6 heteroatoms. The Morgan fingerprint density at radius 3 is 3.19 bits per heavy atom. The van der Waals surface area contributed by atoms with Gasteiger partial charge in [0.1, 0.15) is 5.75 Å². The maximum atomic E-state index is 12.3. The molecule has 0 radical (unpaired) electrons. The lowest BCUT2D eigenvalue weighted by Crippen LogP contribution is -2.38. The molecule has 3 rings (SSSR count). The number of benzene rings is 1. The van der Waals surface area contributed by atoms with Crippen LogP contribution in [0.5, 0.6) is 5.75 Å². The third-order valence-electron chi connectivity index (χ3n) is 3.62. The van der Waals surface area contributed by atoms with Gasteiger partial charge in [0.25, 0.3) is 5.91 Å². The Morgan fingerprint density at radius 2 is 2.38 bits per heavy atom. The molecular weight excluding hydrogens is 286 g/mol. The first-order chi connectivity index (χ1) is 10.2. The standard InChI is InChI=1S/C15H17N3O2S/c1-20-11-4-2-3-9(7-11)14(19)17-10-5-6-12-13(8-10)21-15(16)18-12/h2-4,7,10H,5-6,8H2,1H3,(H2,16,18)(H,17,19). The fourth-order valence-electron chi connectivity index (χ4n) is 2.55. The van der Waals surface area contributed by atoms with Gasteiger partial charge >= 0.3 is 0 Å². The molecule has 0 aliphatic heterocycles. The summed E-state index contributed by atoms with van der Waals surface area (Å²) in [5.74, 6) is 0.614. The highest BCUT2D eigenvalue weighted by molar-refractivity contribution is 7.15. The van der Waals surface area contributed by atoms with Crippen molar-refractivity contribution < 1.29 is 9.53 Å². The molecule has 1 unspecified atom stereocenters. The molecule has 110 valence electrons. The third-order valence-corrected chi connectivity index (χ3v) is 4.57. The van der Waals surface area contributed by atoms with E-state index in [4.69, 9.17) is 10.5 Å². The normalized spacial score (nSPS) is 17.1. The maximum absolute atomic E-state index is 12.3. The summed E-state index contributed by atoms with van der Waals surface area (Å²) in [5, 5.41) is 3.69. The molecule has 2 aromatic rings. The number of nitrogens with two attached hydrogens (primary N) is 1. The van der Waals surface area contributed by atoms with Crippen LogP contribution in [0, 0.1) is 0 Å². The number of fused-ring (bicyclic) bond motifs is 1. The van der Waals surface area contributed by atoms with E-state index in [-0.39, 0.29) is 11.9 Å². The first kappa shape index (κ1) is 13.9. The molecule has 1 aliphatic carbocycles. The van der Waals surface area contributed by atoms with Crippen LogP contribution in [0.4, 0.5) is 5.13 Å². The number of methoxy groups -OCH3 is 1. The molecule has 0 bridgehead atoms. The van der Waals surface area contributed by atoms with E-state index in [1.54, 1.807) is 19.2 Å². The van der Waals surface area contributed by atoms with Crippen LogP contribution in [0.1, 0.15) is 27.3 Å². The number of nitrogens with zero attached hydrogens (tertiary/aromatic N) is 1. The minimum Gasteiger partial charge on any atom is -0.497 e. The van der Waals surface area contributed by atoms with Gasteiger partial charge in [-0.2, -0.15) is 0 Å². The molecule has 0 spiro atoms. The Kier molecular flexibility index (Phi) is 3.79. The quantitative estimate of drug-likeness (QED) is 0.909. The monoisotopic (exact) mass is 303 g/mol. The molecule has 3 N–H and O–H groups in total. The lowest BCUT2D eigenvalue weighted by atomic mass is 9.97. The number of hydrogen-bond donors (Lipinski definition) is 2. The zero-order valence-corrected chi connectivity index (χ0v) is 12.6. The van der Waals surface area contributed by atoms with E-state index in [9.17, 15) is 4.79 Å². The minimum absolute atomic E-state index is 0.0696. The van der Waals surface area contributed by atoms with E-state index < -0.39 is 0 Å². The van der Waals surface area contributed by atoms with Crippen molar-refractivity contribution in [2.24, 2.45) is 0 Å². The number of aromatic nitrogens is 1. The number of carbonyl (C=O) groups is 1. The summed E-state index contributed by atoms with van der Waals surface area (Å²) >= 11 is 1.52. The van der Waals surface area contributed by atoms with Gasteiger partial charge in [-0.15, -0.1) is 11.3 Å². The first-order valence-electron chi connectivity index (χ1n) is 6.84. The molecule has 0 saturated heterocycles. The number of anilines is 1. The number of aryl methyl sites for hydroxylation is 1. The molecule has 0 saturated carbocycles. The van der Waals surface area contributed by atoms with Crippen LogP contribution in [0.25, 0.3) is 0 Å². The van der Waals surface area contributed by atoms with Gasteiger partial charge in [0.15, 0.2) is 5.13 Å². The number of carbonyl (C=O) groups excluding carboxylic acids is 1. The molecule has 0 fully saturated rings. The topological polar surface area (TPSA) is 77.2 Å². The molecule has 5 nitrogen and oxygen atoms in total. The smallest absolute Gasteiger partial charge is 0.251 e. The Labute approximate surface area is 127 Å². The number of rotatable bonds is 3. The predicted molar refractivity (Wildman–Crippen MR) is 82.8 cm³/mol. The highest BCUT2D eigenvalue weighted by atomic mass is 32.1. The summed E-state index contributed by atoms with van der Waals surface area (Å²) in [6.07, 6.45) is 2.57. The van der Waals surface area contributed by atoms with E-state index in [2.05, 4.69) is 10.3 Å². The SMILES string of the molecule is COc1cccc(C(=O)NC2CCc3nc(N)sc3C2)c1. The third kappa shape index (κ3) is 3.00. The minimum atomic E-state index is -0.0696. The summed E-state index contributed by atoms with van der Waals surface area (Å²) in [6.45, 7) is 0. The first-order valence-corrected chi connectivity index (χ1v) is 7.66. The van der Waals surface area contributed by atoms with Crippen LogP contribution in [-0.4, -0.2) is 24.0 Å².